The number of nitrogens with two attached hydrogens (primary N) is 1. The summed E-state index contributed by atoms with van der Waals surface area (Å²) in [4.78, 5) is 32.4. The molecule has 0 aliphatic carbocycles. The van der Waals surface area contributed by atoms with E-state index in [0.717, 1.165) is 0 Å². The van der Waals surface area contributed by atoms with Crippen molar-refractivity contribution in [3.63, 3.8) is 0 Å². The molecule has 0 fully saturated rings. The highest BCUT2D eigenvalue weighted by Crippen LogP contribution is 2.05. The van der Waals surface area contributed by atoms with Gasteiger partial charge in [0.25, 0.3) is 0 Å². The summed E-state index contributed by atoms with van der Waals surface area (Å²) in [5.41, 5.74) is 5.31. The fraction of sp³-hybridized carbons (Fsp3) is 0.800. The fourth-order valence-electron chi connectivity index (χ4n) is 1.60. The molecule has 0 rings (SSSR count). The van der Waals surface area contributed by atoms with Crippen LogP contribution in [-0.4, -0.2) is 91.9 Å². The van der Waals surface area contributed by atoms with Gasteiger partial charge < -0.3 is 41.7 Å². The van der Waals surface area contributed by atoms with Crippen LogP contribution in [0.2, 0.25) is 0 Å². The van der Waals surface area contributed by atoms with Crippen molar-refractivity contribution in [1.82, 2.24) is 5.32 Å². The Balaban J connectivity index is 0. The number of Topliss-reactive ketones (excluding diaryl/α,β-unsaturated/α-hetero) is 1. The molecule has 0 aromatic carbocycles. The van der Waals surface area contributed by atoms with Crippen LogP contribution in [0.25, 0.3) is 0 Å². The zero-order valence-electron chi connectivity index (χ0n) is 15.1. The highest BCUT2D eigenvalue weighted by Gasteiger charge is 2.28. The highest BCUT2D eigenvalue weighted by molar-refractivity contribution is 5.86. The molecule has 0 saturated heterocycles. The molecule has 0 aliphatic rings. The van der Waals surface area contributed by atoms with Crippen LogP contribution >= 0.6 is 0 Å². The number of amides is 1. The average Bonchev–Trinajstić information content (AvgIpc) is 2.58. The van der Waals surface area contributed by atoms with E-state index in [1.54, 1.807) is 0 Å². The molecule has 0 aromatic rings. The second kappa shape index (κ2) is 13.6. The van der Waals surface area contributed by atoms with E-state index in [-0.39, 0.29) is 5.92 Å². The molecule has 0 saturated carbocycles. The average molecular weight is 382 g/mol. The molecule has 0 unspecified atom stereocenters. The number of carboxylic acid groups (broad SMARTS) is 1. The van der Waals surface area contributed by atoms with Crippen molar-refractivity contribution in [3.05, 3.63) is 0 Å². The van der Waals surface area contributed by atoms with Crippen LogP contribution < -0.4 is 11.1 Å². The molecule has 0 aromatic heterocycles. The Morgan fingerprint density at radius 3 is 1.85 bits per heavy atom. The first-order valence-corrected chi connectivity index (χ1v) is 7.96. The molecular formula is C15H30N2O9. The van der Waals surface area contributed by atoms with E-state index < -0.39 is 61.3 Å². The van der Waals surface area contributed by atoms with Crippen LogP contribution in [0.3, 0.4) is 0 Å². The van der Waals surface area contributed by atoms with Gasteiger partial charge in [-0.2, -0.15) is 0 Å². The number of rotatable bonds is 10. The number of carbonyl (C=O) groups is 3. The lowest BCUT2D eigenvalue weighted by molar-refractivity contribution is -0.143. The van der Waals surface area contributed by atoms with Crippen molar-refractivity contribution in [3.8, 4) is 0 Å². The van der Waals surface area contributed by atoms with Gasteiger partial charge in [0.15, 0.2) is 5.78 Å². The van der Waals surface area contributed by atoms with Crippen LogP contribution in [0.1, 0.15) is 27.2 Å². The predicted molar refractivity (Wildman–Crippen MR) is 89.9 cm³/mol. The number of nitrogens with one attached hydrogen (secondary N) is 1. The van der Waals surface area contributed by atoms with Gasteiger partial charge in [-0.05, 0) is 19.3 Å². The van der Waals surface area contributed by atoms with Gasteiger partial charge in [-0.1, -0.05) is 13.8 Å². The van der Waals surface area contributed by atoms with E-state index in [1.165, 1.54) is 6.92 Å². The van der Waals surface area contributed by atoms with Gasteiger partial charge in [0.2, 0.25) is 5.91 Å². The Morgan fingerprint density at radius 1 is 1.04 bits per heavy atom. The number of ketones is 1. The zero-order chi connectivity index (χ0) is 21.0. The Hall–Kier alpha value is -1.63. The number of aliphatic hydroxyl groups is 5. The topological polar surface area (TPSA) is 211 Å². The Bertz CT molecular complexity index is 443. The Labute approximate surface area is 151 Å². The molecule has 0 spiro atoms. The van der Waals surface area contributed by atoms with Crippen molar-refractivity contribution in [2.45, 2.75) is 57.6 Å². The van der Waals surface area contributed by atoms with Gasteiger partial charge in [0.05, 0.1) is 12.6 Å². The number of aliphatic hydroxyl groups excluding tert-OH is 5. The molecule has 11 heteroatoms. The smallest absolute Gasteiger partial charge is 0.326 e. The molecule has 1 amide bonds. The van der Waals surface area contributed by atoms with Crippen molar-refractivity contribution < 1.29 is 45.0 Å². The summed E-state index contributed by atoms with van der Waals surface area (Å²) < 4.78 is 0. The van der Waals surface area contributed by atoms with Gasteiger partial charge in [-0.25, -0.2) is 4.79 Å². The first-order valence-electron chi connectivity index (χ1n) is 7.96. The van der Waals surface area contributed by atoms with Gasteiger partial charge in [-0.15, -0.1) is 0 Å². The number of hydrogen-bond donors (Lipinski definition) is 8. The van der Waals surface area contributed by atoms with Crippen LogP contribution in [0.15, 0.2) is 0 Å². The second-order valence-corrected chi connectivity index (χ2v) is 6.13. The molecule has 154 valence electrons. The van der Waals surface area contributed by atoms with E-state index in [0.29, 0.717) is 6.42 Å². The SMILES string of the molecule is CC(C)C[C@H](NC(=O)[C@H](C)N)C(=O)O.O=C(CO)[C@@H](O)[C@H](O)[C@H](O)CO. The lowest BCUT2D eigenvalue weighted by Gasteiger charge is -2.19. The van der Waals surface area contributed by atoms with E-state index in [4.69, 9.17) is 36.4 Å². The normalized spacial score (nSPS) is 16.5. The van der Waals surface area contributed by atoms with Gasteiger partial charge in [-0.3, -0.25) is 9.59 Å². The van der Waals surface area contributed by atoms with E-state index >= 15 is 0 Å². The van der Waals surface area contributed by atoms with Crippen molar-refractivity contribution in [2.75, 3.05) is 13.2 Å². The van der Waals surface area contributed by atoms with Crippen molar-refractivity contribution in [1.29, 1.82) is 0 Å². The van der Waals surface area contributed by atoms with E-state index in [9.17, 15) is 14.4 Å². The lowest BCUT2D eigenvalue weighted by Crippen LogP contribution is -2.47. The minimum absolute atomic E-state index is 0.212. The Morgan fingerprint density at radius 2 is 1.54 bits per heavy atom. The van der Waals surface area contributed by atoms with Gasteiger partial charge in [0, 0.05) is 0 Å². The molecule has 9 N–H and O–H groups in total. The largest absolute Gasteiger partial charge is 0.480 e. The molecule has 11 nitrogen and oxygen atoms in total. The van der Waals surface area contributed by atoms with E-state index in [1.807, 2.05) is 13.8 Å². The maximum atomic E-state index is 11.1. The number of carbonyl (C=O) groups excluding carboxylic acids is 2. The molecule has 0 aliphatic heterocycles. The van der Waals surface area contributed by atoms with Crippen LogP contribution in [0.5, 0.6) is 0 Å². The Kier molecular flexibility index (Phi) is 13.9. The third-order valence-corrected chi connectivity index (χ3v) is 3.13. The van der Waals surface area contributed by atoms with Crippen molar-refractivity contribution in [2.24, 2.45) is 11.7 Å². The fourth-order valence-corrected chi connectivity index (χ4v) is 1.60. The number of hydrogen-bond acceptors (Lipinski definition) is 9. The quantitative estimate of drug-likeness (QED) is 0.187. The highest BCUT2D eigenvalue weighted by atomic mass is 16.4. The van der Waals surface area contributed by atoms with Gasteiger partial charge >= 0.3 is 5.97 Å². The summed E-state index contributed by atoms with van der Waals surface area (Å²) in [5, 5.41) is 54.2. The van der Waals surface area contributed by atoms with Crippen LogP contribution in [0, 0.1) is 5.92 Å². The standard InChI is InChI=1S/C9H18N2O3.C6H12O6/c1-5(2)4-7(9(13)14)11-8(12)6(3)10;7-1-3(9)5(11)6(12)4(10)2-8/h5-7H,4,10H2,1-3H3,(H,11,12)(H,13,14);3,5-9,11-12H,1-2H2/t6-,7-;3-,5-,6-/m01/s1. The third-order valence-electron chi connectivity index (χ3n) is 3.13. The molecule has 0 heterocycles. The molecule has 0 radical (unpaired) electrons. The summed E-state index contributed by atoms with van der Waals surface area (Å²) >= 11 is 0. The maximum Gasteiger partial charge on any atom is 0.326 e. The summed E-state index contributed by atoms with van der Waals surface area (Å²) in [6.07, 6.45) is -4.81. The first-order chi connectivity index (χ1) is 11.9. The molecular weight excluding hydrogens is 352 g/mol. The maximum absolute atomic E-state index is 11.1. The number of carboxylic acids is 1. The minimum atomic E-state index is -1.86. The predicted octanol–water partition coefficient (Wildman–Crippen LogP) is -3.43. The van der Waals surface area contributed by atoms with E-state index in [2.05, 4.69) is 5.32 Å². The second-order valence-electron chi connectivity index (χ2n) is 6.13. The summed E-state index contributed by atoms with van der Waals surface area (Å²) in [6.45, 7) is 3.62. The molecule has 5 atom stereocenters. The summed E-state index contributed by atoms with van der Waals surface area (Å²) in [7, 11) is 0. The number of aliphatic carboxylic acids is 1. The summed E-state index contributed by atoms with van der Waals surface area (Å²) in [5.74, 6) is -2.25. The molecule has 0 bridgehead atoms. The summed E-state index contributed by atoms with van der Waals surface area (Å²) in [6, 6.07) is -1.52. The van der Waals surface area contributed by atoms with Crippen LogP contribution in [0.4, 0.5) is 0 Å². The minimum Gasteiger partial charge on any atom is -0.480 e. The zero-order valence-corrected chi connectivity index (χ0v) is 15.1. The van der Waals surface area contributed by atoms with Gasteiger partial charge in [0.1, 0.15) is 31.0 Å². The molecule has 26 heavy (non-hydrogen) atoms. The monoisotopic (exact) mass is 382 g/mol. The first kappa shape index (κ1) is 26.6. The van der Waals surface area contributed by atoms with Crippen LogP contribution in [-0.2, 0) is 14.4 Å². The van der Waals surface area contributed by atoms with Crippen molar-refractivity contribution >= 4 is 17.7 Å². The third kappa shape index (κ3) is 11.1. The lowest BCUT2D eigenvalue weighted by atomic mass is 10.0.